The first-order valence-electron chi connectivity index (χ1n) is 11.8. The van der Waals surface area contributed by atoms with Crippen LogP contribution in [0.1, 0.15) is 31.4 Å². The number of aliphatic imine (C=N–C) groups is 1. The smallest absolute Gasteiger partial charge is 0.191 e. The first-order valence-corrected chi connectivity index (χ1v) is 11.8. The lowest BCUT2D eigenvalue weighted by atomic mass is 10.1. The second kappa shape index (κ2) is 10.8. The zero-order chi connectivity index (χ0) is 22.3. The Morgan fingerprint density at radius 2 is 2.03 bits per heavy atom. The van der Waals surface area contributed by atoms with Gasteiger partial charge in [-0.15, -0.1) is 0 Å². The summed E-state index contributed by atoms with van der Waals surface area (Å²) in [6, 6.07) is 7.36. The molecule has 1 fully saturated rings. The summed E-state index contributed by atoms with van der Waals surface area (Å²) in [5.74, 6) is 2.74. The van der Waals surface area contributed by atoms with Gasteiger partial charge in [0.15, 0.2) is 11.8 Å². The van der Waals surface area contributed by atoms with Crippen molar-refractivity contribution in [3.8, 4) is 0 Å². The minimum absolute atomic E-state index is 0.132. The number of hydrogen-bond donors (Lipinski definition) is 2. The van der Waals surface area contributed by atoms with Crippen molar-refractivity contribution in [1.82, 2.24) is 30.3 Å². The number of benzene rings is 1. The van der Waals surface area contributed by atoms with Crippen LogP contribution in [0.5, 0.6) is 0 Å². The third-order valence-electron chi connectivity index (χ3n) is 6.29. The van der Waals surface area contributed by atoms with Gasteiger partial charge in [-0.25, -0.2) is 14.1 Å². The molecule has 0 aliphatic carbocycles. The molecule has 1 saturated heterocycles. The molecule has 1 aromatic heterocycles. The fourth-order valence-electron chi connectivity index (χ4n) is 4.45. The highest BCUT2D eigenvalue weighted by molar-refractivity contribution is 5.79. The summed E-state index contributed by atoms with van der Waals surface area (Å²) in [5, 5.41) is 11.6. The molecule has 1 atom stereocenters. The number of hydrogen-bond acceptors (Lipinski definition) is 5. The zero-order valence-corrected chi connectivity index (χ0v) is 19.2. The molecule has 2 aliphatic rings. The molecule has 1 unspecified atom stereocenters. The number of aromatic nitrogens is 3. The van der Waals surface area contributed by atoms with Gasteiger partial charge in [-0.1, -0.05) is 19.1 Å². The Labute approximate surface area is 189 Å². The van der Waals surface area contributed by atoms with Crippen molar-refractivity contribution >= 4 is 11.6 Å². The Kier molecular flexibility index (Phi) is 7.57. The lowest BCUT2D eigenvalue weighted by molar-refractivity contribution is 0.254. The largest absolute Gasteiger partial charge is 0.367 e. The number of piperazine rings is 1. The minimum atomic E-state index is -0.132. The van der Waals surface area contributed by atoms with E-state index in [-0.39, 0.29) is 5.82 Å². The van der Waals surface area contributed by atoms with Crippen LogP contribution in [-0.4, -0.2) is 78.0 Å². The fourth-order valence-corrected chi connectivity index (χ4v) is 4.45. The summed E-state index contributed by atoms with van der Waals surface area (Å²) in [6.45, 7) is 8.47. The van der Waals surface area contributed by atoms with Crippen LogP contribution in [0.2, 0.25) is 0 Å². The molecule has 0 bridgehead atoms. The third kappa shape index (κ3) is 5.56. The Balaban J connectivity index is 1.14. The van der Waals surface area contributed by atoms with Gasteiger partial charge in [0.2, 0.25) is 0 Å². The number of nitrogens with one attached hydrogen (secondary N) is 2. The van der Waals surface area contributed by atoms with Crippen LogP contribution in [0.3, 0.4) is 0 Å². The van der Waals surface area contributed by atoms with Gasteiger partial charge in [0.25, 0.3) is 0 Å². The highest BCUT2D eigenvalue weighted by atomic mass is 19.1. The number of guanidine groups is 1. The van der Waals surface area contributed by atoms with Crippen LogP contribution in [0.4, 0.5) is 10.1 Å². The van der Waals surface area contributed by atoms with E-state index in [0.717, 1.165) is 94.8 Å². The first kappa shape index (κ1) is 22.5. The molecular formula is C23H35FN8. The van der Waals surface area contributed by atoms with Crippen LogP contribution in [-0.2, 0) is 19.4 Å². The Bertz CT molecular complexity index is 903. The molecular weight excluding hydrogens is 407 g/mol. The average Bonchev–Trinajstić information content (AvgIpc) is 3.24. The van der Waals surface area contributed by atoms with Crippen LogP contribution in [0, 0.1) is 5.82 Å². The van der Waals surface area contributed by atoms with Crippen molar-refractivity contribution in [3.05, 3.63) is 41.7 Å². The molecule has 9 heteroatoms. The lowest BCUT2D eigenvalue weighted by Gasteiger charge is -2.36. The number of halogens is 1. The van der Waals surface area contributed by atoms with Crippen molar-refractivity contribution in [2.45, 2.75) is 45.2 Å². The minimum Gasteiger partial charge on any atom is -0.367 e. The molecule has 0 saturated carbocycles. The van der Waals surface area contributed by atoms with Gasteiger partial charge in [-0.05, 0) is 31.5 Å². The van der Waals surface area contributed by atoms with Crippen molar-refractivity contribution in [2.24, 2.45) is 4.99 Å². The summed E-state index contributed by atoms with van der Waals surface area (Å²) in [6.07, 6.45) is 3.90. The van der Waals surface area contributed by atoms with E-state index in [1.807, 2.05) is 23.9 Å². The maximum Gasteiger partial charge on any atom is 0.191 e. The predicted molar refractivity (Wildman–Crippen MR) is 126 cm³/mol. The SMILES string of the molecule is CCc1nc2n(n1)CC(NC(=NC)NCCCN1CCN(c3ccccc3F)CC1)CC2. The van der Waals surface area contributed by atoms with E-state index in [0.29, 0.717) is 6.04 Å². The molecule has 174 valence electrons. The monoisotopic (exact) mass is 442 g/mol. The molecule has 1 aromatic carbocycles. The first-order chi connectivity index (χ1) is 15.7. The molecule has 0 spiro atoms. The highest BCUT2D eigenvalue weighted by Crippen LogP contribution is 2.20. The number of nitrogens with zero attached hydrogens (tertiary/aromatic N) is 6. The maximum atomic E-state index is 14.0. The summed E-state index contributed by atoms with van der Waals surface area (Å²) >= 11 is 0. The Hall–Kier alpha value is -2.68. The Morgan fingerprint density at radius 3 is 2.78 bits per heavy atom. The number of anilines is 1. The van der Waals surface area contributed by atoms with Crippen LogP contribution in [0.25, 0.3) is 0 Å². The zero-order valence-electron chi connectivity index (χ0n) is 19.2. The highest BCUT2D eigenvalue weighted by Gasteiger charge is 2.22. The lowest BCUT2D eigenvalue weighted by Crippen LogP contribution is -2.48. The van der Waals surface area contributed by atoms with Gasteiger partial charge in [0, 0.05) is 58.7 Å². The van der Waals surface area contributed by atoms with E-state index in [1.165, 1.54) is 6.07 Å². The van der Waals surface area contributed by atoms with Crippen molar-refractivity contribution in [2.75, 3.05) is 51.2 Å². The van der Waals surface area contributed by atoms with Crippen molar-refractivity contribution < 1.29 is 4.39 Å². The van der Waals surface area contributed by atoms with Gasteiger partial charge in [0.05, 0.1) is 12.2 Å². The normalized spacial score (nSPS) is 19.7. The molecule has 32 heavy (non-hydrogen) atoms. The molecule has 4 rings (SSSR count). The molecule has 3 heterocycles. The summed E-state index contributed by atoms with van der Waals surface area (Å²) in [7, 11) is 1.82. The van der Waals surface area contributed by atoms with E-state index in [1.54, 1.807) is 6.07 Å². The van der Waals surface area contributed by atoms with Crippen LogP contribution in [0.15, 0.2) is 29.3 Å². The van der Waals surface area contributed by atoms with Gasteiger partial charge in [0.1, 0.15) is 11.6 Å². The van der Waals surface area contributed by atoms with E-state index >= 15 is 0 Å². The number of para-hydroxylation sites is 1. The molecule has 0 amide bonds. The van der Waals surface area contributed by atoms with Crippen molar-refractivity contribution in [3.63, 3.8) is 0 Å². The summed E-state index contributed by atoms with van der Waals surface area (Å²) in [4.78, 5) is 13.6. The second-order valence-corrected chi connectivity index (χ2v) is 8.49. The van der Waals surface area contributed by atoms with Gasteiger partial charge in [-0.2, -0.15) is 5.10 Å². The second-order valence-electron chi connectivity index (χ2n) is 8.49. The number of aryl methyl sites for hydroxylation is 2. The predicted octanol–water partition coefficient (Wildman–Crippen LogP) is 1.67. The van der Waals surface area contributed by atoms with Gasteiger partial charge >= 0.3 is 0 Å². The maximum absolute atomic E-state index is 14.0. The third-order valence-corrected chi connectivity index (χ3v) is 6.29. The average molecular weight is 443 g/mol. The standard InChI is InChI=1S/C23H35FN8/c1-3-21-28-22-10-9-18(17-32(22)29-21)27-23(25-2)26-11-6-12-30-13-15-31(16-14-30)20-8-5-4-7-19(20)24/h4-5,7-8,18H,3,6,9-17H2,1-2H3,(H2,25,26,27). The summed E-state index contributed by atoms with van der Waals surface area (Å²) in [5.41, 5.74) is 0.718. The molecule has 2 aliphatic heterocycles. The molecule has 2 N–H and O–H groups in total. The van der Waals surface area contributed by atoms with E-state index in [4.69, 9.17) is 0 Å². The molecule has 2 aromatic rings. The molecule has 0 radical (unpaired) electrons. The van der Waals surface area contributed by atoms with Gasteiger partial charge in [-0.3, -0.25) is 9.89 Å². The van der Waals surface area contributed by atoms with Crippen molar-refractivity contribution in [1.29, 1.82) is 0 Å². The Morgan fingerprint density at radius 1 is 1.22 bits per heavy atom. The van der Waals surface area contributed by atoms with Crippen LogP contribution >= 0.6 is 0 Å². The van der Waals surface area contributed by atoms with E-state index < -0.39 is 0 Å². The quantitative estimate of drug-likeness (QED) is 0.386. The molecule has 8 nitrogen and oxygen atoms in total. The van der Waals surface area contributed by atoms with Crippen LogP contribution < -0.4 is 15.5 Å². The number of rotatable bonds is 7. The topological polar surface area (TPSA) is 73.6 Å². The fraction of sp³-hybridized carbons (Fsp3) is 0.609. The number of fused-ring (bicyclic) bond motifs is 1. The van der Waals surface area contributed by atoms with E-state index in [2.05, 4.69) is 42.4 Å². The van der Waals surface area contributed by atoms with E-state index in [9.17, 15) is 4.39 Å². The summed E-state index contributed by atoms with van der Waals surface area (Å²) < 4.78 is 16.0. The van der Waals surface area contributed by atoms with Gasteiger partial charge < -0.3 is 15.5 Å².